The average Bonchev–Trinajstić information content (AvgIpc) is 2.27. The molecule has 0 spiro atoms. The summed E-state index contributed by atoms with van der Waals surface area (Å²) < 4.78 is 37.8. The number of nitrogens with one attached hydrogen (secondary N) is 1. The molecule has 0 amide bonds. The molecular formula is C15H26F3N. The van der Waals surface area contributed by atoms with Crippen LogP contribution in [-0.2, 0) is 0 Å². The molecule has 0 radical (unpaired) electrons. The van der Waals surface area contributed by atoms with E-state index in [0.717, 1.165) is 6.42 Å². The van der Waals surface area contributed by atoms with E-state index in [1.807, 2.05) is 0 Å². The van der Waals surface area contributed by atoms with Crippen LogP contribution in [0.1, 0.15) is 65.2 Å². The van der Waals surface area contributed by atoms with Crippen LogP contribution in [0, 0.1) is 11.3 Å². The van der Waals surface area contributed by atoms with Gasteiger partial charge in [-0.2, -0.15) is 13.2 Å². The van der Waals surface area contributed by atoms with Gasteiger partial charge in [0.2, 0.25) is 0 Å². The van der Waals surface area contributed by atoms with Gasteiger partial charge in [0.15, 0.2) is 0 Å². The molecule has 0 aliphatic heterocycles. The van der Waals surface area contributed by atoms with Gasteiger partial charge in [-0.15, -0.1) is 0 Å². The molecule has 0 aromatic heterocycles. The number of hydrogen-bond acceptors (Lipinski definition) is 1. The molecular weight excluding hydrogens is 251 g/mol. The van der Waals surface area contributed by atoms with E-state index in [1.54, 1.807) is 0 Å². The Morgan fingerprint density at radius 2 is 1.58 bits per heavy atom. The lowest BCUT2D eigenvalue weighted by Gasteiger charge is -2.39. The second-order valence-electron chi connectivity index (χ2n) is 7.21. The molecule has 1 nitrogen and oxygen atoms in total. The van der Waals surface area contributed by atoms with Crippen LogP contribution in [0.2, 0.25) is 0 Å². The molecule has 2 aliphatic rings. The highest BCUT2D eigenvalue weighted by Crippen LogP contribution is 2.39. The van der Waals surface area contributed by atoms with E-state index >= 15 is 0 Å². The molecule has 2 fully saturated rings. The third-order valence-electron chi connectivity index (χ3n) is 4.87. The summed E-state index contributed by atoms with van der Waals surface area (Å²) in [6.07, 6.45) is 2.83. The van der Waals surface area contributed by atoms with Gasteiger partial charge in [-0.3, -0.25) is 0 Å². The molecule has 0 aromatic rings. The van der Waals surface area contributed by atoms with Crippen molar-refractivity contribution in [3.05, 3.63) is 0 Å². The van der Waals surface area contributed by atoms with Crippen LogP contribution in [0.25, 0.3) is 0 Å². The topological polar surface area (TPSA) is 12.0 Å². The average molecular weight is 277 g/mol. The highest BCUT2D eigenvalue weighted by atomic mass is 19.4. The van der Waals surface area contributed by atoms with Crippen LogP contribution in [-0.4, -0.2) is 18.3 Å². The van der Waals surface area contributed by atoms with Crippen molar-refractivity contribution in [1.82, 2.24) is 5.32 Å². The monoisotopic (exact) mass is 277 g/mol. The van der Waals surface area contributed by atoms with E-state index in [4.69, 9.17) is 0 Å². The first kappa shape index (κ1) is 15.1. The maximum Gasteiger partial charge on any atom is 0.391 e. The van der Waals surface area contributed by atoms with Gasteiger partial charge in [0, 0.05) is 12.1 Å². The first-order valence-electron chi connectivity index (χ1n) is 7.59. The summed E-state index contributed by atoms with van der Waals surface area (Å²) in [7, 11) is 0. The molecule has 19 heavy (non-hydrogen) atoms. The number of alkyl halides is 3. The van der Waals surface area contributed by atoms with Gasteiger partial charge in [-0.25, -0.2) is 0 Å². The molecule has 0 bridgehead atoms. The Labute approximate surface area is 114 Å². The molecule has 1 N–H and O–H groups in total. The van der Waals surface area contributed by atoms with Gasteiger partial charge < -0.3 is 5.32 Å². The van der Waals surface area contributed by atoms with Crippen molar-refractivity contribution in [3.8, 4) is 0 Å². The highest BCUT2D eigenvalue weighted by molar-refractivity contribution is 4.88. The zero-order chi connectivity index (χ0) is 14.1. The zero-order valence-electron chi connectivity index (χ0n) is 12.0. The fourth-order valence-electron chi connectivity index (χ4n) is 3.76. The van der Waals surface area contributed by atoms with E-state index in [-0.39, 0.29) is 0 Å². The predicted molar refractivity (Wildman–Crippen MR) is 71.0 cm³/mol. The van der Waals surface area contributed by atoms with Crippen molar-refractivity contribution in [1.29, 1.82) is 0 Å². The Morgan fingerprint density at radius 1 is 0.947 bits per heavy atom. The molecule has 4 heteroatoms. The summed E-state index contributed by atoms with van der Waals surface area (Å²) >= 11 is 0. The SMILES string of the molecule is CC1(C)CCCC(NC2CCC(C(F)(F)F)CC2)C1. The van der Waals surface area contributed by atoms with Crippen LogP contribution in [0.4, 0.5) is 13.2 Å². The van der Waals surface area contributed by atoms with Crippen LogP contribution in [0.15, 0.2) is 0 Å². The van der Waals surface area contributed by atoms with Crippen molar-refractivity contribution < 1.29 is 13.2 Å². The zero-order valence-corrected chi connectivity index (χ0v) is 12.0. The largest absolute Gasteiger partial charge is 0.391 e. The first-order chi connectivity index (χ1) is 8.76. The minimum absolute atomic E-state index is 0.303. The molecule has 0 aromatic carbocycles. The van der Waals surface area contributed by atoms with E-state index in [1.165, 1.54) is 19.3 Å². The lowest BCUT2D eigenvalue weighted by Crippen LogP contribution is -2.45. The number of rotatable bonds is 2. The summed E-state index contributed by atoms with van der Waals surface area (Å²) in [4.78, 5) is 0. The summed E-state index contributed by atoms with van der Waals surface area (Å²) in [5, 5.41) is 3.62. The van der Waals surface area contributed by atoms with Crippen molar-refractivity contribution in [2.24, 2.45) is 11.3 Å². The van der Waals surface area contributed by atoms with E-state index in [9.17, 15) is 13.2 Å². The Kier molecular flexibility index (Phi) is 4.49. The number of hydrogen-bond donors (Lipinski definition) is 1. The standard InChI is InChI=1S/C15H26F3N/c1-14(2)9-3-4-13(10-14)19-12-7-5-11(6-8-12)15(16,17)18/h11-13,19H,3-10H2,1-2H3. The smallest absolute Gasteiger partial charge is 0.311 e. The Morgan fingerprint density at radius 3 is 2.11 bits per heavy atom. The third-order valence-corrected chi connectivity index (χ3v) is 4.87. The highest BCUT2D eigenvalue weighted by Gasteiger charge is 2.41. The molecule has 1 atom stereocenters. The van der Waals surface area contributed by atoms with Crippen LogP contribution in [0.3, 0.4) is 0 Å². The summed E-state index contributed by atoms with van der Waals surface area (Å²) in [6.45, 7) is 4.59. The van der Waals surface area contributed by atoms with E-state index < -0.39 is 12.1 Å². The lowest BCUT2D eigenvalue weighted by molar-refractivity contribution is -0.182. The van der Waals surface area contributed by atoms with Crippen molar-refractivity contribution >= 4 is 0 Å². The third kappa shape index (κ3) is 4.37. The Bertz CT molecular complexity index is 290. The molecule has 1 unspecified atom stereocenters. The summed E-state index contributed by atoms with van der Waals surface area (Å²) in [5.74, 6) is -1.06. The quantitative estimate of drug-likeness (QED) is 0.773. The molecule has 2 saturated carbocycles. The van der Waals surface area contributed by atoms with Gasteiger partial charge in [0.05, 0.1) is 5.92 Å². The van der Waals surface area contributed by atoms with Crippen molar-refractivity contribution in [3.63, 3.8) is 0 Å². The maximum absolute atomic E-state index is 12.6. The normalized spacial score (nSPS) is 36.2. The molecule has 112 valence electrons. The Balaban J connectivity index is 1.77. The van der Waals surface area contributed by atoms with Crippen molar-refractivity contribution in [2.45, 2.75) is 83.5 Å². The number of halogens is 3. The summed E-state index contributed by atoms with van der Waals surface area (Å²) in [5.41, 5.74) is 0.388. The molecule has 0 saturated heterocycles. The fraction of sp³-hybridized carbons (Fsp3) is 1.00. The molecule has 2 rings (SSSR count). The molecule has 0 heterocycles. The van der Waals surface area contributed by atoms with Crippen LogP contribution < -0.4 is 5.32 Å². The van der Waals surface area contributed by atoms with Gasteiger partial charge in [0.1, 0.15) is 0 Å². The van der Waals surface area contributed by atoms with Crippen LogP contribution in [0.5, 0.6) is 0 Å². The maximum atomic E-state index is 12.6. The Hall–Kier alpha value is -0.250. The van der Waals surface area contributed by atoms with E-state index in [2.05, 4.69) is 19.2 Å². The van der Waals surface area contributed by atoms with Gasteiger partial charge >= 0.3 is 6.18 Å². The van der Waals surface area contributed by atoms with Crippen LogP contribution >= 0.6 is 0 Å². The van der Waals surface area contributed by atoms with Gasteiger partial charge in [-0.05, 0) is 50.4 Å². The second kappa shape index (κ2) is 5.63. The minimum Gasteiger partial charge on any atom is -0.311 e. The fourth-order valence-corrected chi connectivity index (χ4v) is 3.76. The molecule has 2 aliphatic carbocycles. The lowest BCUT2D eigenvalue weighted by atomic mass is 9.74. The minimum atomic E-state index is -3.99. The van der Waals surface area contributed by atoms with Gasteiger partial charge in [-0.1, -0.05) is 20.3 Å². The van der Waals surface area contributed by atoms with E-state index in [0.29, 0.717) is 43.2 Å². The predicted octanol–water partition coefficient (Wildman–Crippen LogP) is 4.67. The second-order valence-corrected chi connectivity index (χ2v) is 7.21. The van der Waals surface area contributed by atoms with Crippen molar-refractivity contribution in [2.75, 3.05) is 0 Å². The van der Waals surface area contributed by atoms with Gasteiger partial charge in [0.25, 0.3) is 0 Å². The summed E-state index contributed by atoms with van der Waals surface area (Å²) in [6, 6.07) is 0.814. The first-order valence-corrected chi connectivity index (χ1v) is 7.59.